The molecular formula is C11H12BrN3. The molecule has 3 nitrogen and oxygen atoms in total. The number of nitrogens with zero attached hydrogens (tertiary/aromatic N) is 2. The van der Waals surface area contributed by atoms with Crippen LogP contribution >= 0.6 is 15.9 Å². The number of imidazole rings is 1. The van der Waals surface area contributed by atoms with Gasteiger partial charge in [-0.1, -0.05) is 6.07 Å². The molecule has 78 valence electrons. The van der Waals surface area contributed by atoms with Crippen molar-refractivity contribution < 1.29 is 0 Å². The third kappa shape index (κ3) is 1.58. The summed E-state index contributed by atoms with van der Waals surface area (Å²) < 4.78 is 3.09. The van der Waals surface area contributed by atoms with Gasteiger partial charge in [0.2, 0.25) is 0 Å². The van der Waals surface area contributed by atoms with Crippen LogP contribution in [0.2, 0.25) is 0 Å². The number of fused-ring (bicyclic) bond motifs is 1. The SMILES string of the molecule is Brc1cnc2ccc(C3CCCN3)cn12. The third-order valence-electron chi connectivity index (χ3n) is 2.95. The lowest BCUT2D eigenvalue weighted by Crippen LogP contribution is -2.13. The maximum atomic E-state index is 4.28. The van der Waals surface area contributed by atoms with E-state index in [-0.39, 0.29) is 0 Å². The molecule has 0 saturated carbocycles. The number of hydrogen-bond acceptors (Lipinski definition) is 2. The first-order valence-electron chi connectivity index (χ1n) is 5.20. The van der Waals surface area contributed by atoms with Crippen molar-refractivity contribution in [1.82, 2.24) is 14.7 Å². The van der Waals surface area contributed by atoms with Crippen LogP contribution in [0, 0.1) is 0 Å². The van der Waals surface area contributed by atoms with Gasteiger partial charge in [0.05, 0.1) is 6.20 Å². The Labute approximate surface area is 96.6 Å². The van der Waals surface area contributed by atoms with Gasteiger partial charge in [-0.2, -0.15) is 0 Å². The van der Waals surface area contributed by atoms with Gasteiger partial charge in [-0.25, -0.2) is 4.98 Å². The minimum Gasteiger partial charge on any atom is -0.310 e. The highest BCUT2D eigenvalue weighted by Crippen LogP contribution is 2.24. The number of aromatic nitrogens is 2. The van der Waals surface area contributed by atoms with E-state index in [9.17, 15) is 0 Å². The molecule has 2 aromatic heterocycles. The standard InChI is InChI=1S/C11H12BrN3/c12-10-6-14-11-4-3-8(7-15(10)11)9-2-1-5-13-9/h3-4,6-7,9,13H,1-2,5H2. The Kier molecular flexibility index (Phi) is 2.25. The number of nitrogens with one attached hydrogen (secondary N) is 1. The molecule has 0 aromatic carbocycles. The van der Waals surface area contributed by atoms with Crippen molar-refractivity contribution in [3.05, 3.63) is 34.7 Å². The minimum atomic E-state index is 0.517. The third-order valence-corrected chi connectivity index (χ3v) is 3.53. The average molecular weight is 266 g/mol. The van der Waals surface area contributed by atoms with Crippen molar-refractivity contribution >= 4 is 21.6 Å². The summed E-state index contributed by atoms with van der Waals surface area (Å²) in [6, 6.07) is 4.75. The largest absolute Gasteiger partial charge is 0.310 e. The van der Waals surface area contributed by atoms with Crippen molar-refractivity contribution in [1.29, 1.82) is 0 Å². The predicted molar refractivity (Wildman–Crippen MR) is 62.9 cm³/mol. The molecule has 1 unspecified atom stereocenters. The van der Waals surface area contributed by atoms with E-state index >= 15 is 0 Å². The second-order valence-corrected chi connectivity index (χ2v) is 4.73. The fraction of sp³-hybridized carbons (Fsp3) is 0.364. The molecule has 0 amide bonds. The van der Waals surface area contributed by atoms with Gasteiger partial charge in [-0.15, -0.1) is 0 Å². The highest BCUT2D eigenvalue weighted by molar-refractivity contribution is 9.10. The van der Waals surface area contributed by atoms with Crippen molar-refractivity contribution in [3.8, 4) is 0 Å². The van der Waals surface area contributed by atoms with Gasteiger partial charge in [-0.05, 0) is 46.9 Å². The quantitative estimate of drug-likeness (QED) is 0.859. The molecule has 1 N–H and O–H groups in total. The molecule has 2 aromatic rings. The van der Waals surface area contributed by atoms with Crippen LogP contribution in [0.4, 0.5) is 0 Å². The van der Waals surface area contributed by atoms with Gasteiger partial charge >= 0.3 is 0 Å². The number of hydrogen-bond donors (Lipinski definition) is 1. The molecule has 0 radical (unpaired) electrons. The van der Waals surface area contributed by atoms with Crippen LogP contribution in [-0.4, -0.2) is 15.9 Å². The fourth-order valence-corrected chi connectivity index (χ4v) is 2.53. The summed E-state index contributed by atoms with van der Waals surface area (Å²) in [5.41, 5.74) is 2.34. The molecule has 0 aliphatic carbocycles. The first kappa shape index (κ1) is 9.36. The lowest BCUT2D eigenvalue weighted by atomic mass is 10.1. The summed E-state index contributed by atoms with van der Waals surface area (Å²) in [4.78, 5) is 4.28. The van der Waals surface area contributed by atoms with Gasteiger partial charge in [0.1, 0.15) is 10.3 Å². The van der Waals surface area contributed by atoms with E-state index < -0.39 is 0 Å². The van der Waals surface area contributed by atoms with Crippen LogP contribution in [-0.2, 0) is 0 Å². The molecule has 4 heteroatoms. The Morgan fingerprint density at radius 3 is 3.20 bits per heavy atom. The maximum Gasteiger partial charge on any atom is 0.137 e. The second-order valence-electron chi connectivity index (χ2n) is 3.92. The zero-order valence-corrected chi connectivity index (χ0v) is 9.87. The van der Waals surface area contributed by atoms with Crippen LogP contribution in [0.15, 0.2) is 29.1 Å². The molecule has 1 fully saturated rings. The van der Waals surface area contributed by atoms with Gasteiger partial charge in [0, 0.05) is 12.2 Å². The molecule has 0 spiro atoms. The Hall–Kier alpha value is -0.870. The maximum absolute atomic E-state index is 4.28. The Morgan fingerprint density at radius 2 is 2.40 bits per heavy atom. The summed E-state index contributed by atoms with van der Waals surface area (Å²) in [5.74, 6) is 0. The van der Waals surface area contributed by atoms with Crippen LogP contribution in [0.3, 0.4) is 0 Å². The normalized spacial score (nSPS) is 21.3. The van der Waals surface area contributed by atoms with E-state index in [0.29, 0.717) is 6.04 Å². The monoisotopic (exact) mass is 265 g/mol. The molecule has 1 aliphatic heterocycles. The summed E-state index contributed by atoms with van der Waals surface area (Å²) in [7, 11) is 0. The lowest BCUT2D eigenvalue weighted by Gasteiger charge is -2.10. The topological polar surface area (TPSA) is 29.3 Å². The van der Waals surface area contributed by atoms with E-state index in [1.54, 1.807) is 0 Å². The van der Waals surface area contributed by atoms with Gasteiger partial charge in [0.15, 0.2) is 0 Å². The molecular weight excluding hydrogens is 254 g/mol. The Morgan fingerprint density at radius 1 is 1.47 bits per heavy atom. The van der Waals surface area contributed by atoms with Crippen molar-refractivity contribution in [2.75, 3.05) is 6.54 Å². The van der Waals surface area contributed by atoms with Crippen LogP contribution in [0.1, 0.15) is 24.4 Å². The fourth-order valence-electron chi connectivity index (χ4n) is 2.14. The summed E-state index contributed by atoms with van der Waals surface area (Å²) in [5, 5.41) is 3.50. The van der Waals surface area contributed by atoms with E-state index in [0.717, 1.165) is 16.8 Å². The van der Waals surface area contributed by atoms with Crippen molar-refractivity contribution in [3.63, 3.8) is 0 Å². The van der Waals surface area contributed by atoms with Gasteiger partial charge in [-0.3, -0.25) is 4.40 Å². The number of halogens is 1. The average Bonchev–Trinajstić information content (AvgIpc) is 2.88. The Balaban J connectivity index is 2.08. The lowest BCUT2D eigenvalue weighted by molar-refractivity contribution is 0.644. The first-order chi connectivity index (χ1) is 7.34. The van der Waals surface area contributed by atoms with Crippen molar-refractivity contribution in [2.45, 2.75) is 18.9 Å². The molecule has 1 aliphatic rings. The summed E-state index contributed by atoms with van der Waals surface area (Å²) in [6.45, 7) is 1.13. The smallest absolute Gasteiger partial charge is 0.137 e. The molecule has 1 saturated heterocycles. The van der Waals surface area contributed by atoms with E-state index in [1.165, 1.54) is 18.4 Å². The predicted octanol–water partition coefficient (Wildman–Crippen LogP) is 2.52. The zero-order chi connectivity index (χ0) is 10.3. The summed E-state index contributed by atoms with van der Waals surface area (Å²) >= 11 is 3.49. The summed E-state index contributed by atoms with van der Waals surface area (Å²) in [6.07, 6.45) is 6.50. The molecule has 3 rings (SSSR count). The first-order valence-corrected chi connectivity index (χ1v) is 6.00. The highest BCUT2D eigenvalue weighted by Gasteiger charge is 2.16. The highest BCUT2D eigenvalue weighted by atomic mass is 79.9. The zero-order valence-electron chi connectivity index (χ0n) is 8.28. The molecule has 3 heterocycles. The van der Waals surface area contributed by atoms with Crippen molar-refractivity contribution in [2.24, 2.45) is 0 Å². The van der Waals surface area contributed by atoms with E-state index in [2.05, 4.69) is 49.0 Å². The molecule has 1 atom stereocenters. The molecule has 0 bridgehead atoms. The molecule has 15 heavy (non-hydrogen) atoms. The van der Waals surface area contributed by atoms with E-state index in [1.807, 2.05) is 6.20 Å². The number of rotatable bonds is 1. The second kappa shape index (κ2) is 3.61. The number of pyridine rings is 1. The van der Waals surface area contributed by atoms with Crippen LogP contribution < -0.4 is 5.32 Å². The van der Waals surface area contributed by atoms with Crippen LogP contribution in [0.25, 0.3) is 5.65 Å². The Bertz CT molecular complexity index is 486. The van der Waals surface area contributed by atoms with Gasteiger partial charge in [0.25, 0.3) is 0 Å². The van der Waals surface area contributed by atoms with Crippen LogP contribution in [0.5, 0.6) is 0 Å². The van der Waals surface area contributed by atoms with E-state index in [4.69, 9.17) is 0 Å². The minimum absolute atomic E-state index is 0.517. The van der Waals surface area contributed by atoms with Gasteiger partial charge < -0.3 is 5.32 Å².